The average Bonchev–Trinajstić information content (AvgIpc) is 3.63. The summed E-state index contributed by atoms with van der Waals surface area (Å²) in [6.45, 7) is 3.37. The minimum absolute atomic E-state index is 0.00785. The number of ether oxygens (including phenoxy) is 3. The molecule has 11 nitrogen and oxygen atoms in total. The molecule has 3 aromatic rings. The van der Waals surface area contributed by atoms with Crippen molar-refractivity contribution in [1.29, 1.82) is 0 Å². The maximum atomic E-state index is 13.8. The van der Waals surface area contributed by atoms with Crippen LogP contribution in [0.2, 0.25) is 0 Å². The number of anilines is 1. The first-order valence-electron chi connectivity index (χ1n) is 14.2. The van der Waals surface area contributed by atoms with Crippen molar-refractivity contribution in [2.24, 2.45) is 5.92 Å². The van der Waals surface area contributed by atoms with Crippen LogP contribution in [0, 0.1) is 11.7 Å². The number of aliphatic hydroxyl groups is 1. The van der Waals surface area contributed by atoms with E-state index in [9.17, 15) is 27.5 Å². The third kappa shape index (κ3) is 7.12. The third-order valence-electron chi connectivity index (χ3n) is 7.27. The molecule has 0 spiro atoms. The van der Waals surface area contributed by atoms with Gasteiger partial charge < -0.3 is 24.6 Å². The van der Waals surface area contributed by atoms with Gasteiger partial charge in [0.2, 0.25) is 16.8 Å². The van der Waals surface area contributed by atoms with Gasteiger partial charge in [-0.3, -0.25) is 9.69 Å². The average molecular weight is 628 g/mol. The van der Waals surface area contributed by atoms with Gasteiger partial charge >= 0.3 is 6.09 Å². The Bertz CT molecular complexity index is 1590. The van der Waals surface area contributed by atoms with E-state index in [0.29, 0.717) is 17.2 Å². The Labute approximate surface area is 255 Å². The summed E-state index contributed by atoms with van der Waals surface area (Å²) in [6.07, 6.45) is -3.14. The van der Waals surface area contributed by atoms with E-state index in [1.165, 1.54) is 51.7 Å². The van der Waals surface area contributed by atoms with Crippen LogP contribution in [0.4, 0.5) is 14.9 Å². The van der Waals surface area contributed by atoms with Gasteiger partial charge in [-0.15, -0.1) is 0 Å². The first-order valence-corrected chi connectivity index (χ1v) is 15.6. The van der Waals surface area contributed by atoms with Gasteiger partial charge in [-0.25, -0.2) is 17.6 Å². The molecule has 0 aromatic heterocycles. The first-order chi connectivity index (χ1) is 21.0. The van der Waals surface area contributed by atoms with Crippen molar-refractivity contribution in [3.05, 3.63) is 84.2 Å². The Morgan fingerprint density at radius 2 is 1.75 bits per heavy atom. The zero-order valence-electron chi connectivity index (χ0n) is 24.3. The summed E-state index contributed by atoms with van der Waals surface area (Å²) in [4.78, 5) is 27.1. The van der Waals surface area contributed by atoms with Gasteiger partial charge in [0.1, 0.15) is 5.82 Å². The van der Waals surface area contributed by atoms with Crippen LogP contribution in [-0.4, -0.2) is 74.5 Å². The van der Waals surface area contributed by atoms with Crippen molar-refractivity contribution in [1.82, 2.24) is 9.62 Å². The molecule has 1 saturated heterocycles. The molecule has 234 valence electrons. The minimum atomic E-state index is -4.09. The van der Waals surface area contributed by atoms with Gasteiger partial charge in [0.15, 0.2) is 17.6 Å². The van der Waals surface area contributed by atoms with Gasteiger partial charge in [0.05, 0.1) is 23.6 Å². The molecule has 2 N–H and O–H groups in total. The predicted octanol–water partition coefficient (Wildman–Crippen LogP) is 3.31. The molecule has 44 heavy (non-hydrogen) atoms. The summed E-state index contributed by atoms with van der Waals surface area (Å²) >= 11 is 0. The van der Waals surface area contributed by atoms with Crippen LogP contribution < -0.4 is 19.7 Å². The molecular formula is C31H34FN3O8S. The van der Waals surface area contributed by atoms with Gasteiger partial charge in [-0.2, -0.15) is 4.31 Å². The lowest BCUT2D eigenvalue weighted by Gasteiger charge is -2.31. The number of fused-ring (bicyclic) bond motifs is 1. The number of halogens is 1. The van der Waals surface area contributed by atoms with E-state index in [1.54, 1.807) is 0 Å². The highest BCUT2D eigenvalue weighted by molar-refractivity contribution is 7.89. The van der Waals surface area contributed by atoms with Crippen LogP contribution in [0.15, 0.2) is 77.7 Å². The van der Waals surface area contributed by atoms with Crippen molar-refractivity contribution in [3.63, 3.8) is 0 Å². The SMILES string of the molecule is CC(C)CN(C[C@@H](O)C(Cc1ccccc1)NC(=O)[C@@H]1CN(c2ccc(F)cc2)C(=O)O1)S(=O)(=O)c1ccc2c(c1)OCO2. The van der Waals surface area contributed by atoms with E-state index in [1.807, 2.05) is 44.2 Å². The Balaban J connectivity index is 1.35. The molecule has 2 amide bonds. The second kappa shape index (κ2) is 13.2. The first kappa shape index (κ1) is 31.2. The number of hydrogen-bond acceptors (Lipinski definition) is 8. The summed E-state index contributed by atoms with van der Waals surface area (Å²) in [5.74, 6) is -0.456. The molecule has 2 aliphatic heterocycles. The van der Waals surface area contributed by atoms with E-state index in [0.717, 1.165) is 5.56 Å². The topological polar surface area (TPSA) is 135 Å². The minimum Gasteiger partial charge on any atom is -0.454 e. The number of aliphatic hydroxyl groups excluding tert-OH is 1. The number of carbonyl (C=O) groups excluding carboxylic acids is 2. The molecule has 13 heteroatoms. The normalized spacial score (nSPS) is 17.5. The monoisotopic (exact) mass is 627 g/mol. The summed E-state index contributed by atoms with van der Waals surface area (Å²) in [7, 11) is -4.09. The van der Waals surface area contributed by atoms with Crippen molar-refractivity contribution < 1.29 is 41.7 Å². The molecule has 0 aliphatic carbocycles. The highest BCUT2D eigenvalue weighted by Crippen LogP contribution is 2.35. The predicted molar refractivity (Wildman–Crippen MR) is 158 cm³/mol. The van der Waals surface area contributed by atoms with Crippen LogP contribution in [0.3, 0.4) is 0 Å². The van der Waals surface area contributed by atoms with Crippen molar-refractivity contribution >= 4 is 27.7 Å². The van der Waals surface area contributed by atoms with Gasteiger partial charge in [-0.1, -0.05) is 44.2 Å². The zero-order valence-corrected chi connectivity index (χ0v) is 25.1. The lowest BCUT2D eigenvalue weighted by Crippen LogP contribution is -2.53. The van der Waals surface area contributed by atoms with E-state index < -0.39 is 46.1 Å². The number of amides is 2. The molecule has 1 unspecified atom stereocenters. The number of hydrogen-bond donors (Lipinski definition) is 2. The van der Waals surface area contributed by atoms with Crippen molar-refractivity contribution in [2.45, 2.75) is 43.4 Å². The molecule has 0 bridgehead atoms. The summed E-state index contributed by atoms with van der Waals surface area (Å²) in [6, 6.07) is 17.7. The van der Waals surface area contributed by atoms with E-state index in [4.69, 9.17) is 14.2 Å². The third-order valence-corrected chi connectivity index (χ3v) is 9.10. The fraction of sp³-hybridized carbons (Fsp3) is 0.355. The maximum absolute atomic E-state index is 13.8. The number of nitrogens with one attached hydrogen (secondary N) is 1. The van der Waals surface area contributed by atoms with E-state index in [-0.39, 0.29) is 43.7 Å². The molecule has 3 aromatic carbocycles. The molecule has 5 rings (SSSR count). The summed E-state index contributed by atoms with van der Waals surface area (Å²) in [5, 5.41) is 14.3. The Kier molecular flexibility index (Phi) is 9.37. The number of benzene rings is 3. The smallest absolute Gasteiger partial charge is 0.415 e. The van der Waals surface area contributed by atoms with E-state index >= 15 is 0 Å². The zero-order chi connectivity index (χ0) is 31.4. The molecule has 0 radical (unpaired) electrons. The van der Waals surface area contributed by atoms with Crippen LogP contribution >= 0.6 is 0 Å². The Morgan fingerprint density at radius 1 is 1.05 bits per heavy atom. The molecule has 0 saturated carbocycles. The highest BCUT2D eigenvalue weighted by Gasteiger charge is 2.39. The molecule has 2 heterocycles. The molecular weight excluding hydrogens is 593 g/mol. The van der Waals surface area contributed by atoms with Crippen LogP contribution in [0.25, 0.3) is 0 Å². The fourth-order valence-electron chi connectivity index (χ4n) is 5.06. The number of cyclic esters (lactones) is 1. The van der Waals surface area contributed by atoms with Crippen LogP contribution in [0.5, 0.6) is 11.5 Å². The number of sulfonamides is 1. The fourth-order valence-corrected chi connectivity index (χ4v) is 6.70. The summed E-state index contributed by atoms with van der Waals surface area (Å²) in [5.41, 5.74) is 1.16. The van der Waals surface area contributed by atoms with Gasteiger partial charge in [-0.05, 0) is 54.3 Å². The second-order valence-corrected chi connectivity index (χ2v) is 13.0. The van der Waals surface area contributed by atoms with Crippen LogP contribution in [-0.2, 0) is 26.0 Å². The van der Waals surface area contributed by atoms with Gasteiger partial charge in [0.25, 0.3) is 5.91 Å². The largest absolute Gasteiger partial charge is 0.454 e. The standard InChI is InChI=1S/C31H34FN3O8S/c1-20(2)16-34(44(39,40)24-12-13-27-28(15-24)42-19-41-27)17-26(36)25(14-21-6-4-3-5-7-21)33-30(37)29-18-35(31(38)43-29)23-10-8-22(32)9-11-23/h3-13,15,20,25-26,29,36H,14,16-19H2,1-2H3,(H,33,37)/t25?,26-,29+/m1/s1. The number of rotatable bonds is 12. The number of nitrogens with zero attached hydrogens (tertiary/aromatic N) is 2. The quantitative estimate of drug-likeness (QED) is 0.313. The Hall–Kier alpha value is -4.20. The summed E-state index contributed by atoms with van der Waals surface area (Å²) < 4.78 is 58.1. The molecule has 1 fully saturated rings. The Morgan fingerprint density at radius 3 is 2.45 bits per heavy atom. The molecule has 3 atom stereocenters. The second-order valence-electron chi connectivity index (χ2n) is 11.1. The van der Waals surface area contributed by atoms with Gasteiger partial charge in [0, 0.05) is 24.8 Å². The van der Waals surface area contributed by atoms with Crippen LogP contribution in [0.1, 0.15) is 19.4 Å². The molecule has 2 aliphatic rings. The van der Waals surface area contributed by atoms with Crippen molar-refractivity contribution in [2.75, 3.05) is 31.3 Å². The lowest BCUT2D eigenvalue weighted by atomic mass is 10.0. The highest BCUT2D eigenvalue weighted by atomic mass is 32.2. The lowest BCUT2D eigenvalue weighted by molar-refractivity contribution is -0.129. The van der Waals surface area contributed by atoms with E-state index in [2.05, 4.69) is 5.32 Å². The number of carbonyl (C=O) groups is 2. The van der Waals surface area contributed by atoms with Crippen molar-refractivity contribution in [3.8, 4) is 11.5 Å². The maximum Gasteiger partial charge on any atom is 0.415 e.